The van der Waals surface area contributed by atoms with E-state index in [-0.39, 0.29) is 11.9 Å². The zero-order chi connectivity index (χ0) is 22.8. The fourth-order valence-electron chi connectivity index (χ4n) is 3.96. The number of aliphatic imine (C=N–C) groups is 1. The lowest BCUT2D eigenvalue weighted by Crippen LogP contribution is -2.43. The lowest BCUT2D eigenvalue weighted by molar-refractivity contribution is 0.0925. The van der Waals surface area contributed by atoms with Gasteiger partial charge in [0.1, 0.15) is 5.75 Å². The average molecular weight is 442 g/mol. The topological polar surface area (TPSA) is 91.1 Å². The molecule has 1 saturated heterocycles. The van der Waals surface area contributed by atoms with Crippen LogP contribution in [0.3, 0.4) is 0 Å². The highest BCUT2D eigenvalue weighted by atomic mass is 16.5. The van der Waals surface area contributed by atoms with E-state index in [0.717, 1.165) is 43.3 Å². The molecule has 0 bridgehead atoms. The van der Waals surface area contributed by atoms with Crippen molar-refractivity contribution in [1.29, 1.82) is 0 Å². The lowest BCUT2D eigenvalue weighted by Gasteiger charge is -2.29. The van der Waals surface area contributed by atoms with Crippen LogP contribution in [-0.2, 0) is 0 Å². The fraction of sp³-hybridized carbons (Fsp3) is 0.500. The van der Waals surface area contributed by atoms with E-state index in [1.807, 2.05) is 19.1 Å². The molecular formula is C24H35N5O3. The first-order chi connectivity index (χ1) is 15.6. The van der Waals surface area contributed by atoms with Crippen molar-refractivity contribution in [3.63, 3.8) is 0 Å². The zero-order valence-corrected chi connectivity index (χ0v) is 19.3. The van der Waals surface area contributed by atoms with Gasteiger partial charge in [0.2, 0.25) is 0 Å². The molecular weight excluding hydrogens is 406 g/mol. The Bertz CT molecular complexity index is 889. The van der Waals surface area contributed by atoms with Crippen LogP contribution >= 0.6 is 0 Å². The molecule has 1 aromatic heterocycles. The molecule has 1 aromatic carbocycles. The average Bonchev–Trinajstić information content (AvgIpc) is 3.49. The van der Waals surface area contributed by atoms with Crippen LogP contribution in [0.2, 0.25) is 0 Å². The van der Waals surface area contributed by atoms with Crippen LogP contribution in [0.25, 0.3) is 0 Å². The molecule has 8 nitrogen and oxygen atoms in total. The summed E-state index contributed by atoms with van der Waals surface area (Å²) in [7, 11) is 3.47. The van der Waals surface area contributed by atoms with Gasteiger partial charge in [0.15, 0.2) is 11.7 Å². The summed E-state index contributed by atoms with van der Waals surface area (Å²) < 4.78 is 10.6. The minimum Gasteiger partial charge on any atom is -0.497 e. The van der Waals surface area contributed by atoms with E-state index >= 15 is 0 Å². The standard InChI is InChI=1S/C24H35N5O3/c1-18-10-15-32-22(18)23(30)26-11-7-12-27-24(25-2)28-17-21(29-13-4-5-14-29)19-8-6-9-20(16-19)31-3/h6,8-10,15-16,21H,4-5,7,11-14,17H2,1-3H3,(H,26,30)(H2,25,27,28). The van der Waals surface area contributed by atoms with Gasteiger partial charge in [0.05, 0.1) is 19.4 Å². The molecule has 0 saturated carbocycles. The molecule has 0 radical (unpaired) electrons. The van der Waals surface area contributed by atoms with Crippen molar-refractivity contribution in [3.05, 3.63) is 53.5 Å². The minimum absolute atomic E-state index is 0.179. The predicted molar refractivity (Wildman–Crippen MR) is 126 cm³/mol. The quantitative estimate of drug-likeness (QED) is 0.298. The van der Waals surface area contributed by atoms with Gasteiger partial charge in [-0.3, -0.25) is 14.7 Å². The SMILES string of the molecule is CN=C(NCCCNC(=O)c1occc1C)NCC(c1cccc(OC)c1)N1CCCC1. The smallest absolute Gasteiger partial charge is 0.287 e. The van der Waals surface area contributed by atoms with Crippen LogP contribution in [0, 0.1) is 6.92 Å². The number of furan rings is 1. The Balaban J connectivity index is 1.46. The van der Waals surface area contributed by atoms with Crippen molar-refractivity contribution >= 4 is 11.9 Å². The molecule has 32 heavy (non-hydrogen) atoms. The predicted octanol–water partition coefficient (Wildman–Crippen LogP) is 2.72. The number of nitrogens with one attached hydrogen (secondary N) is 3. The van der Waals surface area contributed by atoms with Crippen molar-refractivity contribution in [2.45, 2.75) is 32.2 Å². The number of methoxy groups -OCH3 is 1. The van der Waals surface area contributed by atoms with Gasteiger partial charge in [-0.1, -0.05) is 12.1 Å². The van der Waals surface area contributed by atoms with E-state index < -0.39 is 0 Å². The maximum atomic E-state index is 12.1. The van der Waals surface area contributed by atoms with E-state index in [9.17, 15) is 4.79 Å². The number of rotatable bonds is 10. The van der Waals surface area contributed by atoms with Crippen LogP contribution in [0.15, 0.2) is 46.0 Å². The zero-order valence-electron chi connectivity index (χ0n) is 19.3. The van der Waals surface area contributed by atoms with E-state index in [0.29, 0.717) is 18.8 Å². The summed E-state index contributed by atoms with van der Waals surface area (Å²) in [5, 5.41) is 9.68. The number of carbonyl (C=O) groups excluding carboxylic acids is 1. The minimum atomic E-state index is -0.179. The third kappa shape index (κ3) is 6.50. The van der Waals surface area contributed by atoms with Gasteiger partial charge in [0, 0.05) is 32.2 Å². The molecule has 1 atom stereocenters. The molecule has 2 heterocycles. The highest BCUT2D eigenvalue weighted by Crippen LogP contribution is 2.27. The number of nitrogens with zero attached hydrogens (tertiary/aromatic N) is 2. The number of hydrogen-bond acceptors (Lipinski definition) is 5. The van der Waals surface area contributed by atoms with E-state index in [4.69, 9.17) is 9.15 Å². The highest BCUT2D eigenvalue weighted by molar-refractivity contribution is 5.92. The number of hydrogen-bond donors (Lipinski definition) is 3. The molecule has 3 rings (SSSR count). The molecule has 8 heteroatoms. The van der Waals surface area contributed by atoms with Crippen LogP contribution in [0.5, 0.6) is 5.75 Å². The molecule has 3 N–H and O–H groups in total. The second-order valence-corrected chi connectivity index (χ2v) is 7.96. The van der Waals surface area contributed by atoms with Crippen molar-refractivity contribution < 1.29 is 13.9 Å². The Labute approximate surface area is 190 Å². The first-order valence-corrected chi connectivity index (χ1v) is 11.3. The number of guanidine groups is 1. The van der Waals surface area contributed by atoms with E-state index in [1.54, 1.807) is 20.2 Å². The van der Waals surface area contributed by atoms with Crippen LogP contribution in [-0.4, -0.2) is 63.6 Å². The molecule has 1 aliphatic rings. The largest absolute Gasteiger partial charge is 0.497 e. The number of amides is 1. The van der Waals surface area contributed by atoms with Crippen molar-refractivity contribution in [2.24, 2.45) is 4.99 Å². The number of ether oxygens (including phenoxy) is 1. The first kappa shape index (κ1) is 23.7. The molecule has 0 aliphatic carbocycles. The molecule has 1 unspecified atom stereocenters. The monoisotopic (exact) mass is 441 g/mol. The van der Waals surface area contributed by atoms with Gasteiger partial charge in [-0.15, -0.1) is 0 Å². The van der Waals surface area contributed by atoms with E-state index in [1.165, 1.54) is 24.7 Å². The van der Waals surface area contributed by atoms with Gasteiger partial charge >= 0.3 is 0 Å². The Morgan fingerprint density at radius 1 is 1.19 bits per heavy atom. The maximum absolute atomic E-state index is 12.1. The number of benzene rings is 1. The Kier molecular flexibility index (Phi) is 8.98. The molecule has 174 valence electrons. The summed E-state index contributed by atoms with van der Waals surface area (Å²) in [5.74, 6) is 1.83. The molecule has 0 spiro atoms. The molecule has 1 aliphatic heterocycles. The summed E-state index contributed by atoms with van der Waals surface area (Å²) >= 11 is 0. The number of aryl methyl sites for hydroxylation is 1. The number of carbonyl (C=O) groups is 1. The van der Waals surface area contributed by atoms with Gasteiger partial charge in [-0.2, -0.15) is 0 Å². The second kappa shape index (κ2) is 12.1. The van der Waals surface area contributed by atoms with Gasteiger partial charge in [0.25, 0.3) is 5.91 Å². The Hall–Kier alpha value is -3.00. The third-order valence-corrected chi connectivity index (χ3v) is 5.75. The highest BCUT2D eigenvalue weighted by Gasteiger charge is 2.24. The molecule has 1 fully saturated rings. The second-order valence-electron chi connectivity index (χ2n) is 7.96. The van der Waals surface area contributed by atoms with Crippen molar-refractivity contribution in [2.75, 3.05) is 46.9 Å². The summed E-state index contributed by atoms with van der Waals surface area (Å²) in [6.07, 6.45) is 4.77. The Morgan fingerprint density at radius 3 is 2.66 bits per heavy atom. The van der Waals surface area contributed by atoms with Gasteiger partial charge in [-0.25, -0.2) is 0 Å². The van der Waals surface area contributed by atoms with Gasteiger partial charge in [-0.05, 0) is 63.0 Å². The molecule has 2 aromatic rings. The number of likely N-dealkylation sites (tertiary alicyclic amines) is 1. The van der Waals surface area contributed by atoms with Crippen LogP contribution < -0.4 is 20.7 Å². The van der Waals surface area contributed by atoms with E-state index in [2.05, 4.69) is 38.0 Å². The van der Waals surface area contributed by atoms with Crippen molar-refractivity contribution in [3.8, 4) is 5.75 Å². The first-order valence-electron chi connectivity index (χ1n) is 11.3. The summed E-state index contributed by atoms with van der Waals surface area (Å²) in [5.41, 5.74) is 2.08. The summed E-state index contributed by atoms with van der Waals surface area (Å²) in [6.45, 7) is 6.07. The summed E-state index contributed by atoms with van der Waals surface area (Å²) in [6, 6.07) is 10.3. The third-order valence-electron chi connectivity index (χ3n) is 5.75. The molecule has 1 amide bonds. The fourth-order valence-corrected chi connectivity index (χ4v) is 3.96. The van der Waals surface area contributed by atoms with Crippen molar-refractivity contribution in [1.82, 2.24) is 20.9 Å². The van der Waals surface area contributed by atoms with Gasteiger partial charge < -0.3 is 25.1 Å². The maximum Gasteiger partial charge on any atom is 0.287 e. The lowest BCUT2D eigenvalue weighted by atomic mass is 10.1. The Morgan fingerprint density at radius 2 is 1.97 bits per heavy atom. The van der Waals surface area contributed by atoms with Crippen LogP contribution in [0.1, 0.15) is 47.0 Å². The summed E-state index contributed by atoms with van der Waals surface area (Å²) in [4.78, 5) is 19.0. The van der Waals surface area contributed by atoms with Crippen LogP contribution in [0.4, 0.5) is 0 Å². The normalized spacial score (nSPS) is 15.4.